The van der Waals surface area contributed by atoms with Crippen LogP contribution >= 0.6 is 0 Å². The topological polar surface area (TPSA) is 159 Å². The number of ether oxygens (including phenoxy) is 1. The van der Waals surface area contributed by atoms with Crippen LogP contribution in [0.2, 0.25) is 0 Å². The molecule has 0 aliphatic rings. The van der Waals surface area contributed by atoms with Gasteiger partial charge in [-0.3, -0.25) is 23.7 Å². The number of amides is 4. The van der Waals surface area contributed by atoms with Gasteiger partial charge in [0.2, 0.25) is 24.1 Å². The van der Waals surface area contributed by atoms with Gasteiger partial charge in [-0.2, -0.15) is 0 Å². The van der Waals surface area contributed by atoms with Crippen LogP contribution in [0.1, 0.15) is 44.4 Å². The Hall–Kier alpha value is -5.49. The third-order valence-corrected chi connectivity index (χ3v) is 7.97. The van der Waals surface area contributed by atoms with Crippen LogP contribution in [0, 0.1) is 0 Å². The Morgan fingerprint density at radius 1 is 0.820 bits per heavy atom. The second kappa shape index (κ2) is 16.8. The SMILES string of the molecule is CC(O)C(NC(=O)OC(C)(C)C)C(=O)N[C@H](Cc1cn(C=O)c2ccccc12)C(=O)N[C@@H](Cc1ccccc1)C(=O)N(C)Cc1ccccc1. The first-order valence-electron chi connectivity index (χ1n) is 16.4. The first-order chi connectivity index (χ1) is 23.8. The molecule has 0 saturated heterocycles. The number of benzene rings is 3. The number of carbonyl (C=O) groups is 5. The van der Waals surface area contributed by atoms with Gasteiger partial charge in [0.05, 0.1) is 11.6 Å². The van der Waals surface area contributed by atoms with E-state index in [0.29, 0.717) is 29.4 Å². The molecule has 4 amide bonds. The summed E-state index contributed by atoms with van der Waals surface area (Å²) in [5.41, 5.74) is 2.04. The molecule has 4 rings (SSSR count). The van der Waals surface area contributed by atoms with Gasteiger partial charge in [-0.05, 0) is 50.5 Å². The predicted molar refractivity (Wildman–Crippen MR) is 190 cm³/mol. The summed E-state index contributed by atoms with van der Waals surface area (Å²) < 4.78 is 6.66. The van der Waals surface area contributed by atoms with Crippen LogP contribution in [-0.4, -0.2) is 81.7 Å². The van der Waals surface area contributed by atoms with Gasteiger partial charge in [-0.1, -0.05) is 78.9 Å². The molecule has 0 bridgehead atoms. The lowest BCUT2D eigenvalue weighted by atomic mass is 10.0. The molecule has 1 heterocycles. The van der Waals surface area contributed by atoms with E-state index in [1.54, 1.807) is 58.3 Å². The summed E-state index contributed by atoms with van der Waals surface area (Å²) in [5, 5.41) is 19.1. The Morgan fingerprint density at radius 3 is 2.00 bits per heavy atom. The van der Waals surface area contributed by atoms with Gasteiger partial charge in [-0.25, -0.2) is 4.79 Å². The van der Waals surface area contributed by atoms with Crippen LogP contribution in [0.4, 0.5) is 4.79 Å². The molecule has 12 heteroatoms. The molecule has 0 aliphatic heterocycles. The first-order valence-corrected chi connectivity index (χ1v) is 16.4. The van der Waals surface area contributed by atoms with E-state index in [2.05, 4.69) is 16.0 Å². The van der Waals surface area contributed by atoms with E-state index in [-0.39, 0.29) is 18.7 Å². The molecular weight excluding hydrogens is 638 g/mol. The Bertz CT molecular complexity index is 1780. The van der Waals surface area contributed by atoms with Crippen LogP contribution in [0.5, 0.6) is 0 Å². The number of hydrogen-bond donors (Lipinski definition) is 4. The summed E-state index contributed by atoms with van der Waals surface area (Å²) >= 11 is 0. The van der Waals surface area contributed by atoms with Gasteiger partial charge in [0.1, 0.15) is 23.7 Å². The van der Waals surface area contributed by atoms with Crippen LogP contribution in [-0.2, 0) is 43.3 Å². The number of nitrogens with one attached hydrogen (secondary N) is 3. The molecule has 1 aromatic heterocycles. The van der Waals surface area contributed by atoms with Crippen molar-refractivity contribution in [3.8, 4) is 0 Å². The van der Waals surface area contributed by atoms with Crippen molar-refractivity contribution in [2.45, 2.75) is 76.9 Å². The molecule has 4 atom stereocenters. The zero-order valence-electron chi connectivity index (χ0n) is 29.0. The fourth-order valence-corrected chi connectivity index (χ4v) is 5.58. The fraction of sp³-hybridized carbons (Fsp3) is 0.342. The minimum Gasteiger partial charge on any atom is -0.444 e. The smallest absolute Gasteiger partial charge is 0.408 e. The lowest BCUT2D eigenvalue weighted by Crippen LogP contribution is -2.59. The van der Waals surface area contributed by atoms with E-state index < -0.39 is 47.7 Å². The van der Waals surface area contributed by atoms with Crippen LogP contribution < -0.4 is 16.0 Å². The van der Waals surface area contributed by atoms with Gasteiger partial charge in [0.25, 0.3) is 0 Å². The number of aromatic nitrogens is 1. The quantitative estimate of drug-likeness (QED) is 0.148. The van der Waals surface area contributed by atoms with Crippen molar-refractivity contribution in [1.82, 2.24) is 25.4 Å². The molecule has 3 aromatic carbocycles. The molecule has 0 radical (unpaired) electrons. The zero-order chi connectivity index (χ0) is 36.4. The maximum atomic E-state index is 14.2. The minimum absolute atomic E-state index is 0.0794. The van der Waals surface area contributed by atoms with E-state index in [9.17, 15) is 29.1 Å². The second-order valence-electron chi connectivity index (χ2n) is 13.2. The largest absolute Gasteiger partial charge is 0.444 e. The molecule has 12 nitrogen and oxygen atoms in total. The first kappa shape index (κ1) is 37.3. The molecule has 0 fully saturated rings. The molecule has 4 N–H and O–H groups in total. The Morgan fingerprint density at radius 2 is 1.40 bits per heavy atom. The molecule has 0 saturated carbocycles. The molecule has 4 aromatic rings. The summed E-state index contributed by atoms with van der Waals surface area (Å²) in [4.78, 5) is 67.8. The Balaban J connectivity index is 1.66. The van der Waals surface area contributed by atoms with Crippen LogP contribution in [0.3, 0.4) is 0 Å². The summed E-state index contributed by atoms with van der Waals surface area (Å²) in [6.45, 7) is 6.60. The van der Waals surface area contributed by atoms with E-state index in [4.69, 9.17) is 4.74 Å². The highest BCUT2D eigenvalue weighted by Crippen LogP contribution is 2.22. The normalized spacial score (nSPS) is 13.7. The third kappa shape index (κ3) is 10.3. The monoisotopic (exact) mass is 683 g/mol. The molecule has 2 unspecified atom stereocenters. The number of hydrogen-bond acceptors (Lipinski definition) is 7. The highest BCUT2D eigenvalue weighted by Gasteiger charge is 2.34. The molecule has 0 spiro atoms. The maximum absolute atomic E-state index is 14.2. The second-order valence-corrected chi connectivity index (χ2v) is 13.2. The van der Waals surface area contributed by atoms with E-state index in [0.717, 1.165) is 11.1 Å². The van der Waals surface area contributed by atoms with E-state index >= 15 is 0 Å². The molecule has 50 heavy (non-hydrogen) atoms. The van der Waals surface area contributed by atoms with Gasteiger partial charge in [0, 0.05) is 38.0 Å². The van der Waals surface area contributed by atoms with Crippen molar-refractivity contribution < 1.29 is 33.8 Å². The highest BCUT2D eigenvalue weighted by atomic mass is 16.6. The lowest BCUT2D eigenvalue weighted by molar-refractivity contribution is -0.137. The Labute approximate surface area is 291 Å². The summed E-state index contributed by atoms with van der Waals surface area (Å²) in [5.74, 6) is -1.87. The predicted octanol–water partition coefficient (Wildman–Crippen LogP) is 3.37. The van der Waals surface area contributed by atoms with Crippen molar-refractivity contribution in [2.75, 3.05) is 7.05 Å². The molecule has 0 aliphatic carbocycles. The Kier molecular flexibility index (Phi) is 12.5. The van der Waals surface area contributed by atoms with Crippen molar-refractivity contribution in [2.24, 2.45) is 0 Å². The van der Waals surface area contributed by atoms with Crippen LogP contribution in [0.15, 0.2) is 91.1 Å². The molecular formula is C38H45N5O7. The van der Waals surface area contributed by atoms with E-state index in [1.165, 1.54) is 16.4 Å². The van der Waals surface area contributed by atoms with Crippen molar-refractivity contribution in [3.63, 3.8) is 0 Å². The number of para-hydroxylation sites is 1. The number of likely N-dealkylation sites (N-methyl/N-ethyl adjacent to an activating group) is 1. The van der Waals surface area contributed by atoms with E-state index in [1.807, 2.05) is 60.7 Å². The maximum Gasteiger partial charge on any atom is 0.408 e. The third-order valence-electron chi connectivity index (χ3n) is 7.97. The number of carbonyl (C=O) groups excluding carboxylic acids is 5. The molecule has 264 valence electrons. The zero-order valence-corrected chi connectivity index (χ0v) is 29.0. The summed E-state index contributed by atoms with van der Waals surface area (Å²) in [6.07, 6.45) is 0.0296. The average molecular weight is 684 g/mol. The van der Waals surface area contributed by atoms with Gasteiger partial charge < -0.3 is 30.7 Å². The highest BCUT2D eigenvalue weighted by molar-refractivity contribution is 5.95. The number of aliphatic hydroxyl groups is 1. The van der Waals surface area contributed by atoms with Gasteiger partial charge in [-0.15, -0.1) is 0 Å². The van der Waals surface area contributed by atoms with Gasteiger partial charge >= 0.3 is 6.09 Å². The van der Waals surface area contributed by atoms with Crippen molar-refractivity contribution in [1.29, 1.82) is 0 Å². The number of aliphatic hydroxyl groups excluding tert-OH is 1. The van der Waals surface area contributed by atoms with Crippen LogP contribution in [0.25, 0.3) is 10.9 Å². The van der Waals surface area contributed by atoms with Gasteiger partial charge in [0.15, 0.2) is 0 Å². The lowest BCUT2D eigenvalue weighted by Gasteiger charge is -2.29. The van der Waals surface area contributed by atoms with Crippen molar-refractivity contribution in [3.05, 3.63) is 108 Å². The fourth-order valence-electron chi connectivity index (χ4n) is 5.58. The number of rotatable bonds is 14. The standard InChI is InChI=1S/C38H45N5O7/c1-25(45)33(41-37(49)50-38(2,3)4)35(47)39-30(21-28-23-43(24-44)32-19-13-12-18-29(28)32)34(46)40-31(20-26-14-8-6-9-15-26)36(48)42(5)22-27-16-10-7-11-17-27/h6-19,23-25,30-31,33,45H,20-22H2,1-5H3,(H,39,47)(H,40,46)(H,41,49)/t25?,30-,31+,33?/m1/s1. The average Bonchev–Trinajstić information content (AvgIpc) is 3.43. The number of nitrogens with zero attached hydrogens (tertiary/aromatic N) is 2. The number of alkyl carbamates (subject to hydrolysis) is 1. The number of fused-ring (bicyclic) bond motifs is 1. The summed E-state index contributed by atoms with van der Waals surface area (Å²) in [7, 11) is 1.66. The van der Waals surface area contributed by atoms with Crippen molar-refractivity contribution >= 4 is 41.1 Å². The minimum atomic E-state index is -1.48. The summed E-state index contributed by atoms with van der Waals surface area (Å²) in [6, 6.07) is 22.0.